The largest absolute Gasteiger partial charge is 0.478 e. The molecule has 2 aromatic rings. The van der Waals surface area contributed by atoms with Crippen molar-refractivity contribution >= 4 is 27.6 Å². The summed E-state index contributed by atoms with van der Waals surface area (Å²) in [5.41, 5.74) is 0.486. The standard InChI is InChI=1S/C20H20ClF3N2O4S/c21-18-9-8-17(11-25-18)31(29,30)26(12-13-4-6-14(7-5-13)19(27)28)16-3-1-2-15(10-16)20(22,23)24/h4-9,11,15-16H,1-3,10,12H2,(H,27,28). The number of nitrogens with zero attached hydrogens (tertiary/aromatic N) is 2. The molecule has 0 spiro atoms. The van der Waals surface area contributed by atoms with E-state index in [4.69, 9.17) is 16.7 Å². The minimum absolute atomic E-state index is 0.0230. The first kappa shape index (κ1) is 23.5. The van der Waals surface area contributed by atoms with E-state index in [1.807, 2.05) is 0 Å². The van der Waals surface area contributed by atoms with Crippen molar-refractivity contribution < 1.29 is 31.5 Å². The van der Waals surface area contributed by atoms with Crippen molar-refractivity contribution in [2.75, 3.05) is 0 Å². The van der Waals surface area contributed by atoms with Gasteiger partial charge in [0, 0.05) is 18.8 Å². The van der Waals surface area contributed by atoms with Crippen LogP contribution in [-0.4, -0.2) is 41.0 Å². The number of pyridine rings is 1. The quantitative estimate of drug-likeness (QED) is 0.608. The van der Waals surface area contributed by atoms with Crippen molar-refractivity contribution in [2.24, 2.45) is 5.92 Å². The summed E-state index contributed by atoms with van der Waals surface area (Å²) < 4.78 is 67.8. The van der Waals surface area contributed by atoms with Gasteiger partial charge in [-0.25, -0.2) is 18.2 Å². The van der Waals surface area contributed by atoms with Gasteiger partial charge in [-0.05, 0) is 49.1 Å². The predicted octanol–water partition coefficient (Wildman–Crippen LogP) is 4.75. The highest BCUT2D eigenvalue weighted by molar-refractivity contribution is 7.89. The van der Waals surface area contributed by atoms with Gasteiger partial charge in [0.25, 0.3) is 0 Å². The average molecular weight is 477 g/mol. The third-order valence-electron chi connectivity index (χ3n) is 5.36. The van der Waals surface area contributed by atoms with Gasteiger partial charge in [-0.3, -0.25) is 0 Å². The van der Waals surface area contributed by atoms with Crippen LogP contribution >= 0.6 is 11.6 Å². The van der Waals surface area contributed by atoms with E-state index in [1.54, 1.807) is 0 Å². The molecule has 6 nitrogen and oxygen atoms in total. The number of carboxylic acid groups (broad SMARTS) is 1. The second-order valence-corrected chi connectivity index (χ2v) is 9.71. The summed E-state index contributed by atoms with van der Waals surface area (Å²) in [4.78, 5) is 14.7. The summed E-state index contributed by atoms with van der Waals surface area (Å²) in [7, 11) is -4.18. The Kier molecular flexibility index (Phi) is 6.92. The summed E-state index contributed by atoms with van der Waals surface area (Å²) in [6, 6.07) is 7.26. The Hall–Kier alpha value is -2.17. The molecular weight excluding hydrogens is 457 g/mol. The number of halogens is 4. The summed E-state index contributed by atoms with van der Waals surface area (Å²) in [6.07, 6.45) is -3.17. The SMILES string of the molecule is O=C(O)c1ccc(CN(C2CCCC(C(F)(F)F)C2)S(=O)(=O)c2ccc(Cl)nc2)cc1. The normalized spacial score (nSPS) is 20.0. The molecule has 0 amide bonds. The van der Waals surface area contributed by atoms with Crippen LogP contribution in [0.15, 0.2) is 47.5 Å². The minimum Gasteiger partial charge on any atom is -0.478 e. The predicted molar refractivity (Wildman–Crippen MR) is 107 cm³/mol. The smallest absolute Gasteiger partial charge is 0.391 e. The van der Waals surface area contributed by atoms with Crippen LogP contribution in [-0.2, 0) is 16.6 Å². The number of alkyl halides is 3. The molecule has 1 aromatic heterocycles. The van der Waals surface area contributed by atoms with E-state index in [9.17, 15) is 26.4 Å². The van der Waals surface area contributed by atoms with Crippen LogP contribution in [0.3, 0.4) is 0 Å². The van der Waals surface area contributed by atoms with Gasteiger partial charge in [-0.1, -0.05) is 30.2 Å². The highest BCUT2D eigenvalue weighted by Gasteiger charge is 2.45. The van der Waals surface area contributed by atoms with Gasteiger partial charge in [0.2, 0.25) is 10.0 Å². The molecule has 0 saturated heterocycles. The maximum Gasteiger partial charge on any atom is 0.391 e. The number of hydrogen-bond donors (Lipinski definition) is 1. The maximum atomic E-state index is 13.3. The molecule has 2 unspecified atom stereocenters. The zero-order valence-electron chi connectivity index (χ0n) is 16.2. The van der Waals surface area contributed by atoms with Crippen molar-refractivity contribution in [1.29, 1.82) is 0 Å². The van der Waals surface area contributed by atoms with Gasteiger partial charge in [0.15, 0.2) is 0 Å². The Morgan fingerprint density at radius 3 is 2.39 bits per heavy atom. The molecule has 11 heteroatoms. The fraction of sp³-hybridized carbons (Fsp3) is 0.400. The molecule has 3 rings (SSSR count). The van der Waals surface area contributed by atoms with Gasteiger partial charge in [-0.2, -0.15) is 17.5 Å². The van der Waals surface area contributed by atoms with Gasteiger partial charge >= 0.3 is 12.1 Å². The lowest BCUT2D eigenvalue weighted by Crippen LogP contribution is -2.44. The highest BCUT2D eigenvalue weighted by Crippen LogP contribution is 2.40. The van der Waals surface area contributed by atoms with E-state index < -0.39 is 34.1 Å². The lowest BCUT2D eigenvalue weighted by atomic mass is 9.85. The molecule has 2 atom stereocenters. The fourth-order valence-electron chi connectivity index (χ4n) is 3.72. The Balaban J connectivity index is 1.96. The molecule has 0 radical (unpaired) electrons. The molecule has 1 fully saturated rings. The number of rotatable bonds is 6. The second-order valence-electron chi connectivity index (χ2n) is 7.43. The van der Waals surface area contributed by atoms with Crippen molar-refractivity contribution in [3.8, 4) is 0 Å². The molecule has 1 N–H and O–H groups in total. The molecule has 0 aliphatic heterocycles. The Morgan fingerprint density at radius 1 is 1.16 bits per heavy atom. The van der Waals surface area contributed by atoms with Gasteiger partial charge in [0.1, 0.15) is 10.0 Å². The van der Waals surface area contributed by atoms with Crippen molar-refractivity contribution in [3.63, 3.8) is 0 Å². The number of aromatic carboxylic acids is 1. The summed E-state index contributed by atoms with van der Waals surface area (Å²) in [5, 5.41) is 9.12. The number of aromatic nitrogens is 1. The van der Waals surface area contributed by atoms with Gasteiger partial charge in [0.05, 0.1) is 11.5 Å². The lowest BCUT2D eigenvalue weighted by Gasteiger charge is -2.37. The molecule has 168 valence electrons. The second kappa shape index (κ2) is 9.13. The van der Waals surface area contributed by atoms with Crippen LogP contribution in [0.25, 0.3) is 0 Å². The number of hydrogen-bond acceptors (Lipinski definition) is 4. The first-order chi connectivity index (χ1) is 14.5. The topological polar surface area (TPSA) is 87.6 Å². The molecule has 1 aliphatic rings. The van der Waals surface area contributed by atoms with Crippen molar-refractivity contribution in [2.45, 2.75) is 49.3 Å². The molecule has 0 bridgehead atoms. The van der Waals surface area contributed by atoms with Crippen LogP contribution in [0.2, 0.25) is 5.15 Å². The van der Waals surface area contributed by atoms with Gasteiger partial charge < -0.3 is 5.11 Å². The van der Waals surface area contributed by atoms with Crippen LogP contribution in [0, 0.1) is 5.92 Å². The maximum absolute atomic E-state index is 13.3. The summed E-state index contributed by atoms with van der Waals surface area (Å²) in [6.45, 7) is -0.194. The third-order valence-corrected chi connectivity index (χ3v) is 7.47. The Labute approximate surface area is 182 Å². The van der Waals surface area contributed by atoms with Crippen LogP contribution in [0.5, 0.6) is 0 Å². The van der Waals surface area contributed by atoms with E-state index in [-0.39, 0.29) is 41.4 Å². The van der Waals surface area contributed by atoms with E-state index >= 15 is 0 Å². The monoisotopic (exact) mass is 476 g/mol. The zero-order chi connectivity index (χ0) is 22.8. The average Bonchev–Trinajstić information content (AvgIpc) is 2.72. The van der Waals surface area contributed by atoms with E-state index in [1.165, 1.54) is 36.4 Å². The number of carbonyl (C=O) groups is 1. The molecule has 31 heavy (non-hydrogen) atoms. The lowest BCUT2D eigenvalue weighted by molar-refractivity contribution is -0.185. The van der Waals surface area contributed by atoms with Crippen LogP contribution < -0.4 is 0 Å². The van der Waals surface area contributed by atoms with Crippen LogP contribution in [0.4, 0.5) is 13.2 Å². The van der Waals surface area contributed by atoms with E-state index in [2.05, 4.69) is 4.98 Å². The highest BCUT2D eigenvalue weighted by atomic mass is 35.5. The molecule has 1 aromatic carbocycles. The van der Waals surface area contributed by atoms with Crippen LogP contribution in [0.1, 0.15) is 41.6 Å². The minimum atomic E-state index is -4.40. The number of carboxylic acids is 1. The molecule has 1 aliphatic carbocycles. The summed E-state index contributed by atoms with van der Waals surface area (Å²) >= 11 is 5.74. The zero-order valence-corrected chi connectivity index (χ0v) is 17.8. The number of benzene rings is 1. The first-order valence-corrected chi connectivity index (χ1v) is 11.3. The van der Waals surface area contributed by atoms with Gasteiger partial charge in [-0.15, -0.1) is 0 Å². The fourth-order valence-corrected chi connectivity index (χ4v) is 5.43. The Bertz CT molecular complexity index is 1030. The third kappa shape index (κ3) is 5.55. The van der Waals surface area contributed by atoms with Crippen molar-refractivity contribution in [1.82, 2.24) is 9.29 Å². The Morgan fingerprint density at radius 2 is 1.84 bits per heavy atom. The molecule has 1 heterocycles. The number of sulfonamides is 1. The van der Waals surface area contributed by atoms with E-state index in [0.29, 0.717) is 12.0 Å². The molecular formula is C20H20ClF3N2O4S. The van der Waals surface area contributed by atoms with Crippen molar-refractivity contribution in [3.05, 3.63) is 58.9 Å². The summed E-state index contributed by atoms with van der Waals surface area (Å²) in [5.74, 6) is -2.72. The molecule has 1 saturated carbocycles. The first-order valence-electron chi connectivity index (χ1n) is 9.51. The van der Waals surface area contributed by atoms with E-state index in [0.717, 1.165) is 10.5 Å².